The highest BCUT2D eigenvalue weighted by Crippen LogP contribution is 2.24. The molecule has 1 N–H and O–H groups in total. The predicted octanol–water partition coefficient (Wildman–Crippen LogP) is 1.97. The standard InChI is InChI=1S/C22H29N5O4S/c1-16-15-17(2)24-22(23-16)26-9-7-18(8-10-26)21(28)25-19-3-5-20(6-4-19)32(29,30)27-11-13-31-14-12-27/h3-6,15,18H,7-14H2,1-2H3,(H,25,28). The van der Waals surface area contributed by atoms with E-state index in [4.69, 9.17) is 4.74 Å². The van der Waals surface area contributed by atoms with Gasteiger partial charge in [-0.1, -0.05) is 0 Å². The normalized spacial score (nSPS) is 18.5. The Morgan fingerprint density at radius 1 is 1.00 bits per heavy atom. The van der Waals surface area contributed by atoms with Gasteiger partial charge in [0.2, 0.25) is 21.9 Å². The molecule has 2 aromatic rings. The Kier molecular flexibility index (Phi) is 6.73. The van der Waals surface area contributed by atoms with Crippen molar-refractivity contribution < 1.29 is 17.9 Å². The van der Waals surface area contributed by atoms with Gasteiger partial charge in [-0.2, -0.15) is 4.31 Å². The van der Waals surface area contributed by atoms with E-state index in [0.717, 1.165) is 30.4 Å². The number of hydrogen-bond acceptors (Lipinski definition) is 7. The number of aryl methyl sites for hydroxylation is 2. The Bertz CT molecular complexity index is 1040. The second-order valence-electron chi connectivity index (χ2n) is 8.24. The van der Waals surface area contributed by atoms with Crippen LogP contribution in [0.2, 0.25) is 0 Å². The van der Waals surface area contributed by atoms with Gasteiger partial charge in [-0.25, -0.2) is 18.4 Å². The minimum atomic E-state index is -3.54. The molecule has 32 heavy (non-hydrogen) atoms. The van der Waals surface area contributed by atoms with Crippen LogP contribution in [0.1, 0.15) is 24.2 Å². The lowest BCUT2D eigenvalue weighted by Gasteiger charge is -2.31. The van der Waals surface area contributed by atoms with Gasteiger partial charge in [0.05, 0.1) is 18.1 Å². The lowest BCUT2D eigenvalue weighted by atomic mass is 9.96. The summed E-state index contributed by atoms with van der Waals surface area (Å²) in [6, 6.07) is 8.31. The summed E-state index contributed by atoms with van der Waals surface area (Å²) in [4.78, 5) is 24.1. The fourth-order valence-corrected chi connectivity index (χ4v) is 5.49. The number of nitrogens with zero attached hydrogens (tertiary/aromatic N) is 4. The molecule has 0 saturated carbocycles. The number of anilines is 2. The lowest BCUT2D eigenvalue weighted by Crippen LogP contribution is -2.40. The van der Waals surface area contributed by atoms with Gasteiger partial charge < -0.3 is 15.0 Å². The van der Waals surface area contributed by atoms with E-state index in [2.05, 4.69) is 20.2 Å². The van der Waals surface area contributed by atoms with Crippen molar-refractivity contribution in [2.45, 2.75) is 31.6 Å². The number of nitrogens with one attached hydrogen (secondary N) is 1. The molecule has 172 valence electrons. The van der Waals surface area contributed by atoms with Crippen molar-refractivity contribution in [3.63, 3.8) is 0 Å². The van der Waals surface area contributed by atoms with Crippen molar-refractivity contribution in [1.82, 2.24) is 14.3 Å². The number of piperidine rings is 1. The van der Waals surface area contributed by atoms with Crippen molar-refractivity contribution in [2.75, 3.05) is 49.6 Å². The highest BCUT2D eigenvalue weighted by molar-refractivity contribution is 7.89. The Hall–Kier alpha value is -2.56. The number of sulfonamides is 1. The molecule has 0 radical (unpaired) electrons. The Balaban J connectivity index is 1.33. The third kappa shape index (κ3) is 5.08. The average Bonchev–Trinajstić information content (AvgIpc) is 2.79. The number of morpholine rings is 1. The summed E-state index contributed by atoms with van der Waals surface area (Å²) in [5, 5.41) is 2.93. The Morgan fingerprint density at radius 2 is 1.59 bits per heavy atom. The maximum absolute atomic E-state index is 12.7. The van der Waals surface area contributed by atoms with Crippen LogP contribution in [0.4, 0.5) is 11.6 Å². The molecular weight excluding hydrogens is 430 g/mol. The molecule has 2 fully saturated rings. The average molecular weight is 460 g/mol. The molecule has 1 aromatic heterocycles. The molecule has 2 aliphatic heterocycles. The SMILES string of the molecule is Cc1cc(C)nc(N2CCC(C(=O)Nc3ccc(S(=O)(=O)N4CCOCC4)cc3)CC2)n1. The molecule has 2 saturated heterocycles. The second kappa shape index (κ2) is 9.51. The summed E-state index contributed by atoms with van der Waals surface area (Å²) in [5.41, 5.74) is 2.47. The minimum Gasteiger partial charge on any atom is -0.379 e. The summed E-state index contributed by atoms with van der Waals surface area (Å²) in [5.74, 6) is 0.571. The van der Waals surface area contributed by atoms with Gasteiger partial charge in [0.1, 0.15) is 0 Å². The summed E-state index contributed by atoms with van der Waals surface area (Å²) in [6.07, 6.45) is 1.43. The molecular formula is C22H29N5O4S. The van der Waals surface area contributed by atoms with E-state index in [0.29, 0.717) is 44.8 Å². The van der Waals surface area contributed by atoms with Crippen molar-refractivity contribution in [2.24, 2.45) is 5.92 Å². The van der Waals surface area contributed by atoms with Gasteiger partial charge in [-0.05, 0) is 57.0 Å². The molecule has 10 heteroatoms. The van der Waals surface area contributed by atoms with Gasteiger partial charge in [-0.15, -0.1) is 0 Å². The number of rotatable bonds is 5. The van der Waals surface area contributed by atoms with Crippen molar-refractivity contribution in [1.29, 1.82) is 0 Å². The quantitative estimate of drug-likeness (QED) is 0.729. The van der Waals surface area contributed by atoms with Crippen molar-refractivity contribution >= 4 is 27.6 Å². The number of ether oxygens (including phenoxy) is 1. The molecule has 0 aliphatic carbocycles. The van der Waals surface area contributed by atoms with Crippen molar-refractivity contribution in [3.05, 3.63) is 41.7 Å². The summed E-state index contributed by atoms with van der Waals surface area (Å²) < 4.78 is 32.1. The summed E-state index contributed by atoms with van der Waals surface area (Å²) in [6.45, 7) is 6.87. The first kappa shape index (κ1) is 22.6. The highest BCUT2D eigenvalue weighted by atomic mass is 32.2. The molecule has 0 unspecified atom stereocenters. The number of amides is 1. The van der Waals surface area contributed by atoms with E-state index < -0.39 is 10.0 Å². The fourth-order valence-electron chi connectivity index (χ4n) is 4.08. The van der Waals surface area contributed by atoms with E-state index in [9.17, 15) is 13.2 Å². The second-order valence-corrected chi connectivity index (χ2v) is 10.2. The first-order chi connectivity index (χ1) is 15.3. The largest absolute Gasteiger partial charge is 0.379 e. The van der Waals surface area contributed by atoms with Crippen LogP contribution in [-0.4, -0.2) is 68.0 Å². The van der Waals surface area contributed by atoms with Gasteiger partial charge in [-0.3, -0.25) is 4.79 Å². The van der Waals surface area contributed by atoms with Crippen LogP contribution in [0.15, 0.2) is 35.2 Å². The van der Waals surface area contributed by atoms with Crippen LogP contribution in [0, 0.1) is 19.8 Å². The molecule has 0 spiro atoms. The molecule has 0 atom stereocenters. The molecule has 1 amide bonds. The van der Waals surface area contributed by atoms with E-state index in [1.54, 1.807) is 24.3 Å². The zero-order chi connectivity index (χ0) is 22.7. The molecule has 3 heterocycles. The van der Waals surface area contributed by atoms with E-state index in [1.165, 1.54) is 4.31 Å². The van der Waals surface area contributed by atoms with Crippen molar-refractivity contribution in [3.8, 4) is 0 Å². The van der Waals surface area contributed by atoms with E-state index >= 15 is 0 Å². The van der Waals surface area contributed by atoms with Crippen LogP contribution in [-0.2, 0) is 19.6 Å². The first-order valence-electron chi connectivity index (χ1n) is 10.9. The van der Waals surface area contributed by atoms with Gasteiger partial charge in [0.25, 0.3) is 0 Å². The van der Waals surface area contributed by atoms with Crippen LogP contribution in [0.3, 0.4) is 0 Å². The molecule has 4 rings (SSSR count). The molecule has 2 aliphatic rings. The Labute approximate surface area is 188 Å². The van der Waals surface area contributed by atoms with E-state index in [1.807, 2.05) is 19.9 Å². The zero-order valence-electron chi connectivity index (χ0n) is 18.5. The molecule has 9 nitrogen and oxygen atoms in total. The van der Waals surface area contributed by atoms with E-state index in [-0.39, 0.29) is 16.7 Å². The molecule has 1 aromatic carbocycles. The van der Waals surface area contributed by atoms with Crippen LogP contribution in [0.5, 0.6) is 0 Å². The van der Waals surface area contributed by atoms with Crippen LogP contribution in [0.25, 0.3) is 0 Å². The smallest absolute Gasteiger partial charge is 0.243 e. The number of aromatic nitrogens is 2. The number of carbonyl (C=O) groups is 1. The first-order valence-corrected chi connectivity index (χ1v) is 12.3. The van der Waals surface area contributed by atoms with Gasteiger partial charge in [0, 0.05) is 49.2 Å². The number of benzene rings is 1. The highest BCUT2D eigenvalue weighted by Gasteiger charge is 2.28. The monoisotopic (exact) mass is 459 g/mol. The third-order valence-electron chi connectivity index (χ3n) is 5.85. The molecule has 0 bridgehead atoms. The maximum atomic E-state index is 12.7. The maximum Gasteiger partial charge on any atom is 0.243 e. The fraction of sp³-hybridized carbons (Fsp3) is 0.500. The third-order valence-corrected chi connectivity index (χ3v) is 7.76. The predicted molar refractivity (Wildman–Crippen MR) is 121 cm³/mol. The number of hydrogen-bond donors (Lipinski definition) is 1. The van der Waals surface area contributed by atoms with Crippen LogP contribution < -0.4 is 10.2 Å². The topological polar surface area (TPSA) is 105 Å². The van der Waals surface area contributed by atoms with Gasteiger partial charge in [0.15, 0.2) is 0 Å². The van der Waals surface area contributed by atoms with Crippen LogP contribution >= 0.6 is 0 Å². The number of carbonyl (C=O) groups excluding carboxylic acids is 1. The lowest BCUT2D eigenvalue weighted by molar-refractivity contribution is -0.120. The zero-order valence-corrected chi connectivity index (χ0v) is 19.3. The minimum absolute atomic E-state index is 0.0465. The summed E-state index contributed by atoms with van der Waals surface area (Å²) in [7, 11) is -3.54. The Morgan fingerprint density at radius 3 is 2.19 bits per heavy atom. The van der Waals surface area contributed by atoms with Gasteiger partial charge >= 0.3 is 0 Å². The summed E-state index contributed by atoms with van der Waals surface area (Å²) >= 11 is 0.